The molecular weight excluding hydrogens is 637 g/mol. The maximum absolute atomic E-state index is 13.6. The van der Waals surface area contributed by atoms with Crippen molar-refractivity contribution in [1.82, 2.24) is 14.7 Å². The van der Waals surface area contributed by atoms with Crippen LogP contribution in [0.3, 0.4) is 0 Å². The fourth-order valence-corrected chi connectivity index (χ4v) is 8.38. The summed E-state index contributed by atoms with van der Waals surface area (Å²) in [6.45, 7) is 3.93. The van der Waals surface area contributed by atoms with Crippen LogP contribution in [0.25, 0.3) is 21.8 Å². The topological polar surface area (TPSA) is 129 Å². The van der Waals surface area contributed by atoms with Crippen molar-refractivity contribution < 1.29 is 23.1 Å². The Balaban J connectivity index is 1.30. The number of methoxy groups -OCH3 is 2. The van der Waals surface area contributed by atoms with Crippen molar-refractivity contribution in [2.75, 3.05) is 20.8 Å². The number of aromatic amines is 2. The summed E-state index contributed by atoms with van der Waals surface area (Å²) >= 11 is 0. The molecule has 2 unspecified atom stereocenters. The van der Waals surface area contributed by atoms with Crippen molar-refractivity contribution in [1.29, 1.82) is 0 Å². The van der Waals surface area contributed by atoms with Crippen molar-refractivity contribution >= 4 is 37.5 Å². The first kappa shape index (κ1) is 32.5. The summed E-state index contributed by atoms with van der Waals surface area (Å²) in [5.74, 6) is 1.66. The Morgan fingerprint density at radius 1 is 0.898 bits per heavy atom. The highest BCUT2D eigenvalue weighted by Gasteiger charge is 2.56. The zero-order chi connectivity index (χ0) is 34.3. The molecule has 10 heteroatoms. The van der Waals surface area contributed by atoms with Gasteiger partial charge in [0.1, 0.15) is 11.5 Å². The molecule has 2 aromatic heterocycles. The normalized spacial score (nSPS) is 18.0. The number of hydrogen-bond donors (Lipinski definition) is 4. The maximum atomic E-state index is 13.6. The van der Waals surface area contributed by atoms with Crippen LogP contribution < -0.4 is 14.2 Å². The summed E-state index contributed by atoms with van der Waals surface area (Å²) in [6, 6.07) is 27.0. The predicted molar refractivity (Wildman–Crippen MR) is 193 cm³/mol. The minimum atomic E-state index is -3.76. The molecule has 9 nitrogen and oxygen atoms in total. The number of fused-ring (bicyclic) bond motifs is 2. The van der Waals surface area contributed by atoms with Gasteiger partial charge >= 0.3 is 0 Å². The molecule has 1 aliphatic carbocycles. The van der Waals surface area contributed by atoms with Gasteiger partial charge in [-0.25, -0.2) is 13.1 Å². The number of hydrogen-bond acceptors (Lipinski definition) is 6. The lowest BCUT2D eigenvalue weighted by Gasteiger charge is -2.23. The van der Waals surface area contributed by atoms with Crippen molar-refractivity contribution in [3.8, 4) is 11.5 Å². The molecule has 6 aromatic rings. The van der Waals surface area contributed by atoms with E-state index in [1.807, 2.05) is 67.6 Å². The first-order valence-electron chi connectivity index (χ1n) is 16.3. The molecule has 4 N–H and O–H groups in total. The van der Waals surface area contributed by atoms with E-state index in [9.17, 15) is 13.6 Å². The number of oxime groups is 1. The van der Waals surface area contributed by atoms with Gasteiger partial charge in [0.15, 0.2) is 0 Å². The van der Waals surface area contributed by atoms with Crippen LogP contribution in [0.15, 0.2) is 107 Å². The number of H-pyrrole nitrogens is 2. The SMILES string of the molecule is COc1ccc2[nH]cc(C(CC3CC3(CNS(=O)(=O)c3ccc(C)cc3)c3ccc(/C(C)=N\O)cc3)c3c[nH]c4ccc(OC)cc34)c2c1. The number of benzene rings is 4. The Kier molecular flexibility index (Phi) is 8.46. The van der Waals surface area contributed by atoms with Gasteiger partial charge in [-0.15, -0.1) is 0 Å². The lowest BCUT2D eigenvalue weighted by atomic mass is 9.83. The quantitative estimate of drug-likeness (QED) is 0.0602. The van der Waals surface area contributed by atoms with Gasteiger partial charge in [-0.3, -0.25) is 0 Å². The lowest BCUT2D eigenvalue weighted by molar-refractivity contribution is 0.319. The monoisotopic (exact) mass is 676 g/mol. The van der Waals surface area contributed by atoms with E-state index in [1.54, 1.807) is 33.3 Å². The third kappa shape index (κ3) is 6.06. The fraction of sp³-hybridized carbons (Fsp3) is 0.256. The molecule has 0 bridgehead atoms. The number of sulfonamides is 1. The summed E-state index contributed by atoms with van der Waals surface area (Å²) in [7, 11) is -0.409. The summed E-state index contributed by atoms with van der Waals surface area (Å²) in [5.41, 5.74) is 7.22. The second-order valence-electron chi connectivity index (χ2n) is 13.1. The van der Waals surface area contributed by atoms with E-state index in [4.69, 9.17) is 9.47 Å². The molecule has 0 aliphatic heterocycles. The van der Waals surface area contributed by atoms with Crippen LogP contribution in [0.1, 0.15) is 53.5 Å². The van der Waals surface area contributed by atoms with Crippen LogP contribution in [-0.2, 0) is 15.4 Å². The lowest BCUT2D eigenvalue weighted by Crippen LogP contribution is -2.33. The molecular formula is C39H40N4O5S. The van der Waals surface area contributed by atoms with Gasteiger partial charge in [-0.2, -0.15) is 0 Å². The van der Waals surface area contributed by atoms with Crippen LogP contribution in [0.5, 0.6) is 11.5 Å². The number of aromatic nitrogens is 2. The number of ether oxygens (including phenoxy) is 2. The predicted octanol–water partition coefficient (Wildman–Crippen LogP) is 7.63. The number of aryl methyl sites for hydroxylation is 1. The minimum Gasteiger partial charge on any atom is -0.497 e. The molecule has 252 valence electrons. The Bertz CT molecular complexity index is 2190. The summed E-state index contributed by atoms with van der Waals surface area (Å²) < 4.78 is 41.3. The van der Waals surface area contributed by atoms with E-state index in [0.29, 0.717) is 5.71 Å². The highest BCUT2D eigenvalue weighted by molar-refractivity contribution is 7.89. The van der Waals surface area contributed by atoms with Gasteiger partial charge in [-0.1, -0.05) is 47.1 Å². The highest BCUT2D eigenvalue weighted by Crippen LogP contribution is 2.59. The first-order valence-corrected chi connectivity index (χ1v) is 17.8. The molecule has 0 saturated heterocycles. The zero-order valence-electron chi connectivity index (χ0n) is 27.9. The van der Waals surface area contributed by atoms with E-state index in [2.05, 4.69) is 44.4 Å². The van der Waals surface area contributed by atoms with Crippen molar-refractivity contribution in [3.63, 3.8) is 0 Å². The van der Waals surface area contributed by atoms with Crippen molar-refractivity contribution in [3.05, 3.63) is 125 Å². The highest BCUT2D eigenvalue weighted by atomic mass is 32.2. The zero-order valence-corrected chi connectivity index (χ0v) is 28.8. The molecule has 4 aromatic carbocycles. The van der Waals surface area contributed by atoms with Crippen LogP contribution in [0.2, 0.25) is 0 Å². The fourth-order valence-electron chi connectivity index (χ4n) is 7.27. The minimum absolute atomic E-state index is 0.0367. The molecule has 49 heavy (non-hydrogen) atoms. The molecule has 2 heterocycles. The summed E-state index contributed by atoms with van der Waals surface area (Å²) in [5, 5.41) is 14.9. The molecule has 0 amide bonds. The average Bonchev–Trinajstić information content (AvgIpc) is 3.43. The van der Waals surface area contributed by atoms with Gasteiger partial charge in [0, 0.05) is 52.1 Å². The van der Waals surface area contributed by atoms with Gasteiger partial charge in [0.05, 0.1) is 24.8 Å². The van der Waals surface area contributed by atoms with Crippen LogP contribution in [-0.4, -0.2) is 50.1 Å². The maximum Gasteiger partial charge on any atom is 0.240 e. The van der Waals surface area contributed by atoms with Crippen LogP contribution >= 0.6 is 0 Å². The van der Waals surface area contributed by atoms with E-state index >= 15 is 0 Å². The van der Waals surface area contributed by atoms with Crippen LogP contribution in [0.4, 0.5) is 0 Å². The third-order valence-electron chi connectivity index (χ3n) is 10.3. The van der Waals surface area contributed by atoms with Gasteiger partial charge in [-0.05, 0) is 103 Å². The number of nitrogens with zero attached hydrogens (tertiary/aromatic N) is 1. The molecule has 1 saturated carbocycles. The van der Waals surface area contributed by atoms with E-state index in [0.717, 1.165) is 74.0 Å². The van der Waals surface area contributed by atoms with E-state index in [1.165, 1.54) is 0 Å². The Morgan fingerprint density at radius 3 is 2.00 bits per heavy atom. The van der Waals surface area contributed by atoms with Gasteiger partial charge < -0.3 is 24.6 Å². The van der Waals surface area contributed by atoms with E-state index < -0.39 is 15.4 Å². The molecule has 0 spiro atoms. The van der Waals surface area contributed by atoms with Gasteiger partial charge in [0.25, 0.3) is 0 Å². The molecule has 0 radical (unpaired) electrons. The molecule has 2 atom stereocenters. The standard InChI is InChI=1S/C39H40N4O5S/c1-24-5-13-31(14-6-24)49(45,46)42-23-39(27-9-7-26(8-10-27)25(2)43-44)20-28(39)17-32(35-21-40-37-15-11-29(47-3)18-33(35)37)36-22-41-38-16-12-30(48-4)19-34(36)38/h5-16,18-19,21-22,28,32,40-42,44H,17,20,23H2,1-4H3/b43-25-. The Labute approximate surface area is 286 Å². The number of nitrogens with one attached hydrogen (secondary N) is 3. The first-order chi connectivity index (χ1) is 23.7. The third-order valence-corrected chi connectivity index (χ3v) is 11.7. The van der Waals surface area contributed by atoms with Crippen molar-refractivity contribution in [2.45, 2.75) is 42.9 Å². The summed E-state index contributed by atoms with van der Waals surface area (Å²) in [6.07, 6.45) is 5.73. The second-order valence-corrected chi connectivity index (χ2v) is 14.8. The second kappa shape index (κ2) is 12.8. The molecule has 1 fully saturated rings. The van der Waals surface area contributed by atoms with Gasteiger partial charge in [0.2, 0.25) is 10.0 Å². The average molecular weight is 677 g/mol. The summed E-state index contributed by atoms with van der Waals surface area (Å²) in [4.78, 5) is 7.19. The van der Waals surface area contributed by atoms with Crippen LogP contribution in [0, 0.1) is 12.8 Å². The van der Waals surface area contributed by atoms with Crippen molar-refractivity contribution in [2.24, 2.45) is 11.1 Å². The Hall–Kier alpha value is -5.06. The Morgan fingerprint density at radius 2 is 1.47 bits per heavy atom. The number of rotatable bonds is 12. The molecule has 1 aliphatic rings. The smallest absolute Gasteiger partial charge is 0.240 e. The molecule has 7 rings (SSSR count). The van der Waals surface area contributed by atoms with E-state index in [-0.39, 0.29) is 23.3 Å². The largest absolute Gasteiger partial charge is 0.497 e.